The summed E-state index contributed by atoms with van der Waals surface area (Å²) in [6.45, 7) is 5.71. The Kier molecular flexibility index (Phi) is 9.89. The standard InChI is InChI=1S/C43H38N2O2/c1-32(2)43(46)47-30-14-16-33-15-12-13-23-40(33)42-31-39(45(37-19-8-4-9-20-37)38-21-10-5-11-22-38)28-29-41(42)34-24-26-36(27-25-34)44-35-17-6-3-7-18-35/h3-13,15,17-29,31,44H,1,14,16,30H2,2H3. The van der Waals surface area contributed by atoms with E-state index in [9.17, 15) is 4.79 Å². The Morgan fingerprint density at radius 1 is 0.617 bits per heavy atom. The van der Waals surface area contributed by atoms with Gasteiger partial charge in [-0.3, -0.25) is 0 Å². The molecule has 0 atom stereocenters. The number of anilines is 5. The molecule has 0 aliphatic heterocycles. The van der Waals surface area contributed by atoms with Gasteiger partial charge in [-0.2, -0.15) is 0 Å². The number of para-hydroxylation sites is 3. The zero-order valence-corrected chi connectivity index (χ0v) is 26.6. The van der Waals surface area contributed by atoms with Crippen LogP contribution in [-0.2, 0) is 16.0 Å². The smallest absolute Gasteiger partial charge is 0.333 e. The highest BCUT2D eigenvalue weighted by molar-refractivity contribution is 5.90. The average Bonchev–Trinajstić information content (AvgIpc) is 3.12. The van der Waals surface area contributed by atoms with Crippen LogP contribution >= 0.6 is 0 Å². The third-order valence-corrected chi connectivity index (χ3v) is 8.03. The van der Waals surface area contributed by atoms with Gasteiger partial charge in [-0.15, -0.1) is 0 Å². The molecule has 232 valence electrons. The van der Waals surface area contributed by atoms with Crippen LogP contribution < -0.4 is 10.2 Å². The summed E-state index contributed by atoms with van der Waals surface area (Å²) in [4.78, 5) is 14.3. The van der Waals surface area contributed by atoms with Crippen LogP contribution in [0.3, 0.4) is 0 Å². The summed E-state index contributed by atoms with van der Waals surface area (Å²) in [7, 11) is 0. The zero-order valence-electron chi connectivity index (χ0n) is 26.6. The zero-order chi connectivity index (χ0) is 32.4. The number of esters is 1. The molecule has 4 nitrogen and oxygen atoms in total. The molecule has 0 fully saturated rings. The molecular formula is C43H38N2O2. The van der Waals surface area contributed by atoms with Crippen molar-refractivity contribution in [2.45, 2.75) is 19.8 Å². The van der Waals surface area contributed by atoms with Crippen molar-refractivity contribution in [1.29, 1.82) is 0 Å². The SMILES string of the molecule is C=C(C)C(=O)OCCCc1ccccc1-c1cc(N(c2ccccc2)c2ccccc2)ccc1-c1ccc(Nc2ccccc2)cc1. The Morgan fingerprint density at radius 2 is 1.19 bits per heavy atom. The van der Waals surface area contributed by atoms with E-state index < -0.39 is 0 Å². The molecule has 6 aromatic carbocycles. The van der Waals surface area contributed by atoms with Gasteiger partial charge in [-0.1, -0.05) is 104 Å². The molecule has 0 amide bonds. The van der Waals surface area contributed by atoms with Crippen LogP contribution in [0.2, 0.25) is 0 Å². The number of carbonyl (C=O) groups excluding carboxylic acids is 1. The minimum atomic E-state index is -0.347. The van der Waals surface area contributed by atoms with Gasteiger partial charge in [-0.25, -0.2) is 4.79 Å². The monoisotopic (exact) mass is 614 g/mol. The molecule has 0 aliphatic carbocycles. The first kappa shape index (κ1) is 31.1. The third-order valence-electron chi connectivity index (χ3n) is 8.03. The van der Waals surface area contributed by atoms with Gasteiger partial charge in [0.25, 0.3) is 0 Å². The van der Waals surface area contributed by atoms with Crippen molar-refractivity contribution < 1.29 is 9.53 Å². The summed E-state index contributed by atoms with van der Waals surface area (Å²) in [5.41, 5.74) is 11.5. The van der Waals surface area contributed by atoms with E-state index in [4.69, 9.17) is 4.74 Å². The Hall–Kier alpha value is -5.87. The minimum Gasteiger partial charge on any atom is -0.462 e. The van der Waals surface area contributed by atoms with E-state index >= 15 is 0 Å². The highest BCUT2D eigenvalue weighted by Gasteiger charge is 2.17. The molecule has 0 saturated heterocycles. The van der Waals surface area contributed by atoms with Gasteiger partial charge in [0.1, 0.15) is 0 Å². The summed E-state index contributed by atoms with van der Waals surface area (Å²) in [5.74, 6) is -0.347. The maximum atomic E-state index is 12.0. The minimum absolute atomic E-state index is 0.346. The quantitative estimate of drug-likeness (QED) is 0.0846. The third kappa shape index (κ3) is 7.69. The molecule has 0 unspecified atom stereocenters. The lowest BCUT2D eigenvalue weighted by Crippen LogP contribution is -2.10. The number of carbonyl (C=O) groups is 1. The van der Waals surface area contributed by atoms with Crippen molar-refractivity contribution in [3.63, 3.8) is 0 Å². The molecule has 6 rings (SSSR count). The van der Waals surface area contributed by atoms with E-state index in [1.165, 1.54) is 5.56 Å². The molecule has 0 heterocycles. The fourth-order valence-corrected chi connectivity index (χ4v) is 5.72. The molecule has 0 aromatic heterocycles. The lowest BCUT2D eigenvalue weighted by Gasteiger charge is -2.27. The fraction of sp³-hybridized carbons (Fsp3) is 0.0930. The van der Waals surface area contributed by atoms with Gasteiger partial charge < -0.3 is 15.0 Å². The second-order valence-electron chi connectivity index (χ2n) is 11.5. The second kappa shape index (κ2) is 14.9. The normalized spacial score (nSPS) is 10.7. The number of nitrogens with one attached hydrogen (secondary N) is 1. The van der Waals surface area contributed by atoms with Crippen molar-refractivity contribution in [3.8, 4) is 22.3 Å². The molecule has 0 spiro atoms. The predicted octanol–water partition coefficient (Wildman–Crippen LogP) is 11.3. The molecule has 6 aromatic rings. The lowest BCUT2D eigenvalue weighted by atomic mass is 9.89. The summed E-state index contributed by atoms with van der Waals surface area (Å²) < 4.78 is 5.42. The van der Waals surface area contributed by atoms with Crippen molar-refractivity contribution in [2.75, 3.05) is 16.8 Å². The lowest BCUT2D eigenvalue weighted by molar-refractivity contribution is -0.139. The van der Waals surface area contributed by atoms with Gasteiger partial charge in [-0.05, 0) is 108 Å². The predicted molar refractivity (Wildman–Crippen MR) is 196 cm³/mol. The van der Waals surface area contributed by atoms with Gasteiger partial charge in [0, 0.05) is 34.0 Å². The molecule has 0 bridgehead atoms. The summed E-state index contributed by atoms with van der Waals surface area (Å²) in [6, 6.07) is 55.0. The number of benzene rings is 6. The molecule has 0 saturated carbocycles. The highest BCUT2D eigenvalue weighted by Crippen LogP contribution is 2.41. The van der Waals surface area contributed by atoms with E-state index in [2.05, 4.69) is 144 Å². The number of ether oxygens (including phenoxy) is 1. The van der Waals surface area contributed by atoms with Crippen molar-refractivity contribution in [1.82, 2.24) is 0 Å². The van der Waals surface area contributed by atoms with E-state index in [1.54, 1.807) is 6.92 Å². The Balaban J connectivity index is 1.42. The van der Waals surface area contributed by atoms with Crippen LogP contribution in [0.1, 0.15) is 18.9 Å². The van der Waals surface area contributed by atoms with Gasteiger partial charge in [0.05, 0.1) is 6.61 Å². The first-order chi connectivity index (χ1) is 23.1. The Labute approximate surface area is 277 Å². The maximum absolute atomic E-state index is 12.0. The van der Waals surface area contributed by atoms with Crippen LogP contribution in [0.4, 0.5) is 28.4 Å². The maximum Gasteiger partial charge on any atom is 0.333 e. The fourth-order valence-electron chi connectivity index (χ4n) is 5.72. The first-order valence-electron chi connectivity index (χ1n) is 15.9. The summed E-state index contributed by atoms with van der Waals surface area (Å²) in [6.07, 6.45) is 1.48. The van der Waals surface area contributed by atoms with Crippen LogP contribution in [-0.4, -0.2) is 12.6 Å². The van der Waals surface area contributed by atoms with E-state index in [-0.39, 0.29) is 5.97 Å². The highest BCUT2D eigenvalue weighted by atomic mass is 16.5. The largest absolute Gasteiger partial charge is 0.462 e. The Bertz CT molecular complexity index is 1900. The Morgan fingerprint density at radius 3 is 1.83 bits per heavy atom. The number of hydrogen-bond acceptors (Lipinski definition) is 4. The summed E-state index contributed by atoms with van der Waals surface area (Å²) >= 11 is 0. The van der Waals surface area contributed by atoms with Crippen molar-refractivity contribution in [2.24, 2.45) is 0 Å². The van der Waals surface area contributed by atoms with E-state index in [0.29, 0.717) is 18.6 Å². The van der Waals surface area contributed by atoms with E-state index in [0.717, 1.165) is 57.1 Å². The van der Waals surface area contributed by atoms with Gasteiger partial charge in [0.2, 0.25) is 0 Å². The van der Waals surface area contributed by atoms with Crippen LogP contribution in [0.5, 0.6) is 0 Å². The average molecular weight is 615 g/mol. The molecule has 47 heavy (non-hydrogen) atoms. The van der Waals surface area contributed by atoms with Crippen LogP contribution in [0, 0.1) is 0 Å². The molecule has 1 N–H and O–H groups in total. The number of aryl methyl sites for hydroxylation is 1. The summed E-state index contributed by atoms with van der Waals surface area (Å²) in [5, 5.41) is 3.49. The van der Waals surface area contributed by atoms with Crippen molar-refractivity contribution >= 4 is 34.4 Å². The second-order valence-corrected chi connectivity index (χ2v) is 11.5. The molecular weight excluding hydrogens is 576 g/mol. The molecule has 0 aliphatic rings. The number of hydrogen-bond donors (Lipinski definition) is 1. The first-order valence-corrected chi connectivity index (χ1v) is 15.9. The number of nitrogens with zero attached hydrogens (tertiary/aromatic N) is 1. The topological polar surface area (TPSA) is 41.6 Å². The van der Waals surface area contributed by atoms with Crippen molar-refractivity contribution in [3.05, 3.63) is 175 Å². The molecule has 4 heteroatoms. The van der Waals surface area contributed by atoms with Gasteiger partial charge in [0.15, 0.2) is 0 Å². The number of rotatable bonds is 12. The van der Waals surface area contributed by atoms with E-state index in [1.807, 2.05) is 30.3 Å². The molecule has 0 radical (unpaired) electrons. The van der Waals surface area contributed by atoms with Crippen LogP contribution in [0.15, 0.2) is 170 Å². The van der Waals surface area contributed by atoms with Crippen LogP contribution in [0.25, 0.3) is 22.3 Å². The van der Waals surface area contributed by atoms with Gasteiger partial charge >= 0.3 is 5.97 Å².